The van der Waals surface area contributed by atoms with Crippen molar-refractivity contribution in [3.05, 3.63) is 0 Å². The van der Waals surface area contributed by atoms with E-state index in [2.05, 4.69) is 21.2 Å². The third-order valence-corrected chi connectivity index (χ3v) is 1.80. The van der Waals surface area contributed by atoms with E-state index in [1.54, 1.807) is 0 Å². The Morgan fingerprint density at radius 2 is 2.27 bits per heavy atom. The van der Waals surface area contributed by atoms with E-state index in [9.17, 15) is 14.4 Å². The van der Waals surface area contributed by atoms with Gasteiger partial charge in [0.2, 0.25) is 11.8 Å². The summed E-state index contributed by atoms with van der Waals surface area (Å²) >= 11 is 2.70. The molecule has 11 heavy (non-hydrogen) atoms. The Hall–Kier alpha value is -0.710. The van der Waals surface area contributed by atoms with Crippen molar-refractivity contribution in [1.29, 1.82) is 0 Å². The van der Waals surface area contributed by atoms with E-state index >= 15 is 0 Å². The fourth-order valence-electron chi connectivity index (χ4n) is 0.966. The summed E-state index contributed by atoms with van der Waals surface area (Å²) in [5, 5.41) is 2.12. The topological polar surface area (TPSA) is 63.2 Å². The molecule has 0 saturated carbocycles. The Bertz CT molecular complexity index is 226. The molecule has 1 aliphatic rings. The fourth-order valence-corrected chi connectivity index (χ4v) is 1.36. The van der Waals surface area contributed by atoms with Crippen LogP contribution in [0.4, 0.5) is 0 Å². The third-order valence-electron chi connectivity index (χ3n) is 1.47. The van der Waals surface area contributed by atoms with Gasteiger partial charge >= 0.3 is 0 Å². The molecular weight excluding hydrogens is 214 g/mol. The lowest BCUT2D eigenvalue weighted by Gasteiger charge is -1.98. The molecule has 0 radical (unpaired) electrons. The number of carbonyl (C=O) groups excluding carboxylic acids is 3. The standard InChI is InChI=1S/C6H6BrNO3/c7-4(9)1-3-2-5(10)8-6(3)11/h3H,1-2H2,(H,8,10,11). The van der Waals surface area contributed by atoms with Gasteiger partial charge in [-0.05, 0) is 15.9 Å². The molecular formula is C6H6BrNO3. The maximum atomic E-state index is 10.8. The summed E-state index contributed by atoms with van der Waals surface area (Å²) in [5.74, 6) is -1.11. The van der Waals surface area contributed by atoms with E-state index in [1.807, 2.05) is 0 Å². The van der Waals surface area contributed by atoms with Gasteiger partial charge in [-0.1, -0.05) is 0 Å². The second-order valence-electron chi connectivity index (χ2n) is 2.37. The van der Waals surface area contributed by atoms with Gasteiger partial charge in [0, 0.05) is 12.8 Å². The molecule has 1 unspecified atom stereocenters. The maximum Gasteiger partial charge on any atom is 0.230 e. The maximum absolute atomic E-state index is 10.8. The van der Waals surface area contributed by atoms with E-state index in [1.165, 1.54) is 0 Å². The highest BCUT2D eigenvalue weighted by molar-refractivity contribution is 9.18. The van der Waals surface area contributed by atoms with Crippen LogP contribution in [0.3, 0.4) is 0 Å². The summed E-state index contributed by atoms with van der Waals surface area (Å²) in [5.41, 5.74) is 0. The molecule has 1 rings (SSSR count). The van der Waals surface area contributed by atoms with Crippen molar-refractivity contribution in [2.24, 2.45) is 5.92 Å². The number of halogens is 1. The zero-order valence-corrected chi connectivity index (χ0v) is 7.18. The molecule has 0 aliphatic carbocycles. The lowest BCUT2D eigenvalue weighted by atomic mass is 10.1. The molecule has 1 saturated heterocycles. The number of nitrogens with one attached hydrogen (secondary N) is 1. The highest BCUT2D eigenvalue weighted by atomic mass is 79.9. The number of rotatable bonds is 2. The molecule has 1 N–H and O–H groups in total. The lowest BCUT2D eigenvalue weighted by molar-refractivity contribution is -0.127. The molecule has 5 heteroatoms. The summed E-state index contributed by atoms with van der Waals surface area (Å²) in [6.45, 7) is 0. The molecule has 2 amide bonds. The zero-order chi connectivity index (χ0) is 8.43. The predicted octanol–water partition coefficient (Wildman–Crippen LogP) is -0.0393. The largest absolute Gasteiger partial charge is 0.296 e. The minimum atomic E-state index is -0.464. The quantitative estimate of drug-likeness (QED) is 0.524. The van der Waals surface area contributed by atoms with Crippen LogP contribution in [0, 0.1) is 5.92 Å². The van der Waals surface area contributed by atoms with E-state index in [0.717, 1.165) is 0 Å². The van der Waals surface area contributed by atoms with E-state index in [-0.39, 0.29) is 29.3 Å². The first-order valence-corrected chi connectivity index (χ1v) is 3.91. The van der Waals surface area contributed by atoms with Gasteiger partial charge in [-0.2, -0.15) is 0 Å². The second kappa shape index (κ2) is 3.13. The van der Waals surface area contributed by atoms with Gasteiger partial charge in [0.25, 0.3) is 0 Å². The average molecular weight is 220 g/mol. The van der Waals surface area contributed by atoms with Crippen molar-refractivity contribution < 1.29 is 14.4 Å². The normalized spacial score (nSPS) is 23.5. The summed E-state index contributed by atoms with van der Waals surface area (Å²) in [7, 11) is 0. The van der Waals surface area contributed by atoms with Gasteiger partial charge in [0.15, 0.2) is 4.69 Å². The summed E-state index contributed by atoms with van der Waals surface area (Å²) in [6, 6.07) is 0. The van der Waals surface area contributed by atoms with Crippen molar-refractivity contribution in [3.63, 3.8) is 0 Å². The zero-order valence-electron chi connectivity index (χ0n) is 5.59. The molecule has 4 nitrogen and oxygen atoms in total. The van der Waals surface area contributed by atoms with Crippen molar-refractivity contribution in [2.75, 3.05) is 0 Å². The number of imide groups is 1. The van der Waals surface area contributed by atoms with Crippen LogP contribution in [0.1, 0.15) is 12.8 Å². The van der Waals surface area contributed by atoms with Gasteiger partial charge in [-0.15, -0.1) is 0 Å². The summed E-state index contributed by atoms with van der Waals surface area (Å²) in [4.78, 5) is 31.9. The molecule has 1 fully saturated rings. The number of hydrogen-bond donors (Lipinski definition) is 1. The molecule has 1 atom stereocenters. The fraction of sp³-hybridized carbons (Fsp3) is 0.500. The molecule has 0 aromatic rings. The van der Waals surface area contributed by atoms with Gasteiger partial charge < -0.3 is 0 Å². The first-order chi connectivity index (χ1) is 5.09. The minimum absolute atomic E-state index is 0.0948. The number of hydrogen-bond acceptors (Lipinski definition) is 3. The molecule has 0 spiro atoms. The first kappa shape index (κ1) is 8.39. The van der Waals surface area contributed by atoms with Gasteiger partial charge in [0.1, 0.15) is 0 Å². The Kier molecular flexibility index (Phi) is 2.38. The smallest absolute Gasteiger partial charge is 0.230 e. The molecule has 0 aromatic carbocycles. The molecule has 1 heterocycles. The minimum Gasteiger partial charge on any atom is -0.296 e. The van der Waals surface area contributed by atoms with E-state index in [0.29, 0.717) is 0 Å². The van der Waals surface area contributed by atoms with Crippen LogP contribution in [0.25, 0.3) is 0 Å². The van der Waals surface area contributed by atoms with Crippen LogP contribution in [0.15, 0.2) is 0 Å². The van der Waals surface area contributed by atoms with Gasteiger partial charge in [-0.25, -0.2) is 0 Å². The Balaban J connectivity index is 2.53. The molecule has 60 valence electrons. The lowest BCUT2D eigenvalue weighted by Crippen LogP contribution is -2.22. The van der Waals surface area contributed by atoms with Crippen LogP contribution in [0.2, 0.25) is 0 Å². The Labute approximate surface area is 71.5 Å². The highest BCUT2D eigenvalue weighted by Crippen LogP contribution is 2.16. The number of carbonyl (C=O) groups is 3. The number of amides is 2. The average Bonchev–Trinajstić information content (AvgIpc) is 2.09. The third kappa shape index (κ3) is 2.11. The van der Waals surface area contributed by atoms with E-state index < -0.39 is 5.92 Å². The predicted molar refractivity (Wildman–Crippen MR) is 39.8 cm³/mol. The summed E-state index contributed by atoms with van der Waals surface area (Å²) in [6.07, 6.45) is 0.230. The van der Waals surface area contributed by atoms with Gasteiger partial charge in [-0.3, -0.25) is 19.7 Å². The Morgan fingerprint density at radius 3 is 2.64 bits per heavy atom. The SMILES string of the molecule is O=C(Br)CC1CC(=O)NC1=O. The van der Waals surface area contributed by atoms with Crippen molar-refractivity contribution in [3.8, 4) is 0 Å². The Morgan fingerprint density at radius 1 is 1.64 bits per heavy atom. The van der Waals surface area contributed by atoms with Crippen LogP contribution in [-0.4, -0.2) is 16.5 Å². The highest BCUT2D eigenvalue weighted by Gasteiger charge is 2.31. The van der Waals surface area contributed by atoms with Crippen molar-refractivity contribution >= 4 is 32.4 Å². The van der Waals surface area contributed by atoms with Crippen molar-refractivity contribution in [2.45, 2.75) is 12.8 Å². The summed E-state index contributed by atoms with van der Waals surface area (Å²) < 4.78 is -0.243. The van der Waals surface area contributed by atoms with Crippen LogP contribution < -0.4 is 5.32 Å². The van der Waals surface area contributed by atoms with Crippen molar-refractivity contribution in [1.82, 2.24) is 5.32 Å². The molecule has 0 bridgehead atoms. The first-order valence-electron chi connectivity index (χ1n) is 3.11. The van der Waals surface area contributed by atoms with Crippen LogP contribution in [-0.2, 0) is 14.4 Å². The van der Waals surface area contributed by atoms with Crippen LogP contribution in [0.5, 0.6) is 0 Å². The second-order valence-corrected chi connectivity index (χ2v) is 3.26. The molecule has 0 aromatic heterocycles. The monoisotopic (exact) mass is 219 g/mol. The van der Waals surface area contributed by atoms with Crippen LogP contribution >= 0.6 is 15.9 Å². The molecule has 1 aliphatic heterocycles. The van der Waals surface area contributed by atoms with Gasteiger partial charge in [0.05, 0.1) is 5.92 Å². The van der Waals surface area contributed by atoms with E-state index in [4.69, 9.17) is 0 Å².